The zero-order valence-corrected chi connectivity index (χ0v) is 14.1. The van der Waals surface area contributed by atoms with E-state index in [1.165, 1.54) is 0 Å². The van der Waals surface area contributed by atoms with Crippen molar-refractivity contribution in [3.63, 3.8) is 0 Å². The summed E-state index contributed by atoms with van der Waals surface area (Å²) in [6.45, 7) is 1.53. The first kappa shape index (κ1) is 17.0. The van der Waals surface area contributed by atoms with Gasteiger partial charge < -0.3 is 9.84 Å². The number of thioether (sulfide) groups is 1. The van der Waals surface area contributed by atoms with E-state index in [1.807, 2.05) is 37.3 Å². The zero-order valence-electron chi connectivity index (χ0n) is 11.8. The molecule has 2 aromatic rings. The predicted molar refractivity (Wildman–Crippen MR) is 90.3 cm³/mol. The number of carboxylic acid groups (broad SMARTS) is 1. The van der Waals surface area contributed by atoms with Crippen LogP contribution in [0.3, 0.4) is 0 Å². The van der Waals surface area contributed by atoms with Gasteiger partial charge >= 0.3 is 5.97 Å². The molecule has 3 nitrogen and oxygen atoms in total. The predicted octanol–water partition coefficient (Wildman–Crippen LogP) is 5.06. The summed E-state index contributed by atoms with van der Waals surface area (Å²) in [6, 6.07) is 11.1. The lowest BCUT2D eigenvalue weighted by Gasteiger charge is -2.10. The summed E-state index contributed by atoms with van der Waals surface area (Å²) >= 11 is 13.9. The fraction of sp³-hybridized carbons (Fsp3) is 0.188. The summed E-state index contributed by atoms with van der Waals surface area (Å²) in [5.41, 5.74) is 1.79. The second kappa shape index (κ2) is 7.77. The molecule has 0 saturated heterocycles. The van der Waals surface area contributed by atoms with Gasteiger partial charge in [-0.2, -0.15) is 0 Å². The highest BCUT2D eigenvalue weighted by Gasteiger charge is 2.08. The lowest BCUT2D eigenvalue weighted by molar-refractivity contribution is -0.139. The first-order chi connectivity index (χ1) is 10.5. The van der Waals surface area contributed by atoms with Gasteiger partial charge in [0, 0.05) is 20.7 Å². The van der Waals surface area contributed by atoms with Crippen molar-refractivity contribution >= 4 is 40.9 Å². The molecule has 0 radical (unpaired) electrons. The molecule has 0 heterocycles. The lowest BCUT2D eigenvalue weighted by Crippen LogP contribution is -2.09. The lowest BCUT2D eigenvalue weighted by atomic mass is 10.2. The smallest absolute Gasteiger partial charge is 0.341 e. The van der Waals surface area contributed by atoms with Crippen molar-refractivity contribution in [2.24, 2.45) is 0 Å². The number of rotatable bonds is 6. The van der Waals surface area contributed by atoms with Gasteiger partial charge in [-0.05, 0) is 48.4 Å². The molecule has 6 heteroatoms. The van der Waals surface area contributed by atoms with E-state index < -0.39 is 5.97 Å². The minimum Gasteiger partial charge on any atom is -0.482 e. The van der Waals surface area contributed by atoms with Gasteiger partial charge in [0.05, 0.1) is 0 Å². The minimum absolute atomic E-state index is 0.345. The number of aryl methyl sites for hydroxylation is 1. The fourth-order valence-electron chi connectivity index (χ4n) is 1.84. The molecular weight excluding hydrogens is 343 g/mol. The Morgan fingerprint density at radius 3 is 2.50 bits per heavy atom. The van der Waals surface area contributed by atoms with Crippen LogP contribution in [0.1, 0.15) is 11.1 Å². The number of aliphatic carboxylic acids is 1. The van der Waals surface area contributed by atoms with Gasteiger partial charge in [-0.3, -0.25) is 0 Å². The fourth-order valence-corrected chi connectivity index (χ4v) is 3.57. The molecule has 0 aliphatic rings. The summed E-state index contributed by atoms with van der Waals surface area (Å²) in [7, 11) is 0. The maximum Gasteiger partial charge on any atom is 0.341 e. The second-order valence-corrected chi connectivity index (χ2v) is 6.46. The van der Waals surface area contributed by atoms with Crippen LogP contribution in [0.15, 0.2) is 41.3 Å². The summed E-state index contributed by atoms with van der Waals surface area (Å²) in [5.74, 6) is 0.238. The Morgan fingerprint density at radius 2 is 1.91 bits per heavy atom. The second-order valence-electron chi connectivity index (χ2n) is 4.60. The third-order valence-corrected chi connectivity index (χ3v) is 4.67. The molecular formula is C16H14Cl2O3S. The number of halogens is 2. The molecule has 0 spiro atoms. The van der Waals surface area contributed by atoms with Crippen molar-refractivity contribution in [2.75, 3.05) is 6.61 Å². The van der Waals surface area contributed by atoms with Crippen LogP contribution in [0.5, 0.6) is 5.75 Å². The Bertz CT molecular complexity index is 669. The average Bonchev–Trinajstić information content (AvgIpc) is 2.45. The van der Waals surface area contributed by atoms with E-state index in [9.17, 15) is 4.79 Å². The standard InChI is InChI=1S/C16H14Cl2O3S/c1-10-7-11(5-6-15(10)21-8-16(19)20)22-9-12-13(17)3-2-4-14(12)18/h2-7H,8-9H2,1H3,(H,19,20). The van der Waals surface area contributed by atoms with E-state index in [4.69, 9.17) is 33.0 Å². The Morgan fingerprint density at radius 1 is 1.23 bits per heavy atom. The summed E-state index contributed by atoms with van der Waals surface area (Å²) in [4.78, 5) is 11.6. The van der Waals surface area contributed by atoms with Crippen LogP contribution < -0.4 is 4.74 Å². The maximum atomic E-state index is 10.5. The van der Waals surface area contributed by atoms with Crippen molar-refractivity contribution in [3.8, 4) is 5.75 Å². The summed E-state index contributed by atoms with van der Waals surface area (Å²) in [5, 5.41) is 9.93. The zero-order chi connectivity index (χ0) is 16.1. The summed E-state index contributed by atoms with van der Waals surface area (Å²) < 4.78 is 5.20. The Labute approximate surface area is 143 Å². The van der Waals surface area contributed by atoms with Crippen LogP contribution in [-0.4, -0.2) is 17.7 Å². The molecule has 116 valence electrons. The van der Waals surface area contributed by atoms with E-state index in [1.54, 1.807) is 17.8 Å². The quantitative estimate of drug-likeness (QED) is 0.735. The van der Waals surface area contributed by atoms with E-state index in [0.29, 0.717) is 21.5 Å². The normalized spacial score (nSPS) is 10.5. The van der Waals surface area contributed by atoms with Crippen LogP contribution in [0.25, 0.3) is 0 Å². The first-order valence-corrected chi connectivity index (χ1v) is 8.22. The molecule has 0 unspecified atom stereocenters. The molecule has 0 amide bonds. The van der Waals surface area contributed by atoms with E-state index >= 15 is 0 Å². The number of benzene rings is 2. The molecule has 0 aliphatic carbocycles. The van der Waals surface area contributed by atoms with Crippen LogP contribution in [0.2, 0.25) is 10.0 Å². The first-order valence-electron chi connectivity index (χ1n) is 6.48. The number of ether oxygens (including phenoxy) is 1. The van der Waals surface area contributed by atoms with Gasteiger partial charge in [-0.1, -0.05) is 29.3 Å². The molecule has 0 saturated carbocycles. The highest BCUT2D eigenvalue weighted by molar-refractivity contribution is 7.98. The summed E-state index contributed by atoms with van der Waals surface area (Å²) in [6.07, 6.45) is 0. The van der Waals surface area contributed by atoms with Crippen molar-refractivity contribution in [2.45, 2.75) is 17.6 Å². The Balaban J connectivity index is 2.05. The third kappa shape index (κ3) is 4.57. The molecule has 22 heavy (non-hydrogen) atoms. The van der Waals surface area contributed by atoms with E-state index in [0.717, 1.165) is 16.0 Å². The molecule has 0 bridgehead atoms. The molecule has 2 rings (SSSR count). The highest BCUT2D eigenvalue weighted by Crippen LogP contribution is 2.33. The number of carboxylic acids is 1. The SMILES string of the molecule is Cc1cc(SCc2c(Cl)cccc2Cl)ccc1OCC(=O)O. The third-order valence-electron chi connectivity index (χ3n) is 2.94. The van der Waals surface area contributed by atoms with Gasteiger partial charge in [0.15, 0.2) is 6.61 Å². The topological polar surface area (TPSA) is 46.5 Å². The largest absolute Gasteiger partial charge is 0.482 e. The van der Waals surface area contributed by atoms with Gasteiger partial charge in [0.2, 0.25) is 0 Å². The van der Waals surface area contributed by atoms with Crippen molar-refractivity contribution in [1.82, 2.24) is 0 Å². The molecule has 2 aromatic carbocycles. The monoisotopic (exact) mass is 356 g/mol. The Kier molecular flexibility index (Phi) is 6.00. The Hall–Kier alpha value is -1.36. The van der Waals surface area contributed by atoms with Crippen LogP contribution >= 0.6 is 35.0 Å². The van der Waals surface area contributed by atoms with Crippen molar-refractivity contribution < 1.29 is 14.6 Å². The van der Waals surface area contributed by atoms with Gasteiger partial charge in [0.1, 0.15) is 5.75 Å². The maximum absolute atomic E-state index is 10.5. The molecule has 1 N–H and O–H groups in total. The number of carbonyl (C=O) groups is 1. The van der Waals surface area contributed by atoms with Crippen LogP contribution in [-0.2, 0) is 10.5 Å². The van der Waals surface area contributed by atoms with E-state index in [-0.39, 0.29) is 6.61 Å². The van der Waals surface area contributed by atoms with E-state index in [2.05, 4.69) is 0 Å². The van der Waals surface area contributed by atoms with Crippen LogP contribution in [0, 0.1) is 6.92 Å². The van der Waals surface area contributed by atoms with Crippen molar-refractivity contribution in [3.05, 3.63) is 57.6 Å². The van der Waals surface area contributed by atoms with Gasteiger partial charge in [-0.25, -0.2) is 4.79 Å². The molecule has 0 aliphatic heterocycles. The highest BCUT2D eigenvalue weighted by atomic mass is 35.5. The van der Waals surface area contributed by atoms with Gasteiger partial charge in [-0.15, -0.1) is 11.8 Å². The number of hydrogen-bond donors (Lipinski definition) is 1. The van der Waals surface area contributed by atoms with Crippen molar-refractivity contribution in [1.29, 1.82) is 0 Å². The molecule has 0 atom stereocenters. The molecule has 0 fully saturated rings. The average molecular weight is 357 g/mol. The van der Waals surface area contributed by atoms with Gasteiger partial charge in [0.25, 0.3) is 0 Å². The minimum atomic E-state index is -0.994. The number of hydrogen-bond acceptors (Lipinski definition) is 3. The van der Waals surface area contributed by atoms with Crippen LogP contribution in [0.4, 0.5) is 0 Å². The molecule has 0 aromatic heterocycles.